The van der Waals surface area contributed by atoms with Gasteiger partial charge in [0.2, 0.25) is 5.88 Å². The molecule has 1 saturated heterocycles. The van der Waals surface area contributed by atoms with Crippen molar-refractivity contribution in [1.29, 1.82) is 0 Å². The van der Waals surface area contributed by atoms with Gasteiger partial charge in [0, 0.05) is 49.6 Å². The van der Waals surface area contributed by atoms with Crippen molar-refractivity contribution in [2.24, 2.45) is 0 Å². The lowest BCUT2D eigenvalue weighted by molar-refractivity contribution is -0.0288. The number of pyridine rings is 2. The summed E-state index contributed by atoms with van der Waals surface area (Å²) in [6.45, 7) is 2.56. The van der Waals surface area contributed by atoms with Gasteiger partial charge in [-0.15, -0.1) is 0 Å². The highest BCUT2D eigenvalue weighted by Crippen LogP contribution is 2.41. The highest BCUT2D eigenvalue weighted by molar-refractivity contribution is 6.30. The van der Waals surface area contributed by atoms with E-state index in [1.54, 1.807) is 25.6 Å². The molecule has 2 aromatic heterocycles. The van der Waals surface area contributed by atoms with Crippen LogP contribution in [0.1, 0.15) is 36.1 Å². The van der Waals surface area contributed by atoms with Gasteiger partial charge in [0.15, 0.2) is 0 Å². The Hall–Kier alpha value is -2.93. The Labute approximate surface area is 204 Å². The summed E-state index contributed by atoms with van der Waals surface area (Å²) in [5, 5.41) is 11.7. The van der Waals surface area contributed by atoms with Gasteiger partial charge in [-0.1, -0.05) is 23.7 Å². The van der Waals surface area contributed by atoms with Crippen LogP contribution in [0.3, 0.4) is 0 Å². The maximum atomic E-state index is 11.1. The average molecular weight is 478 g/mol. The number of halogens is 1. The van der Waals surface area contributed by atoms with Crippen LogP contribution in [0.15, 0.2) is 60.9 Å². The van der Waals surface area contributed by atoms with Crippen LogP contribution < -0.4 is 9.47 Å². The lowest BCUT2D eigenvalue weighted by atomic mass is 9.87. The highest BCUT2D eigenvalue weighted by atomic mass is 35.5. The van der Waals surface area contributed by atoms with E-state index in [0.29, 0.717) is 29.4 Å². The Balaban J connectivity index is 1.28. The van der Waals surface area contributed by atoms with E-state index >= 15 is 0 Å². The molecule has 0 spiro atoms. The van der Waals surface area contributed by atoms with Gasteiger partial charge in [-0.05, 0) is 61.2 Å². The summed E-state index contributed by atoms with van der Waals surface area (Å²) in [4.78, 5) is 11.2. The van der Waals surface area contributed by atoms with E-state index < -0.39 is 5.60 Å². The molecule has 5 rings (SSSR count). The molecule has 3 aromatic rings. The minimum absolute atomic E-state index is 0.582. The molecule has 7 heteroatoms. The molecule has 34 heavy (non-hydrogen) atoms. The monoisotopic (exact) mass is 477 g/mol. The summed E-state index contributed by atoms with van der Waals surface area (Å²) in [5.41, 5.74) is 3.05. The molecule has 1 N–H and O–H groups in total. The Bertz CT molecular complexity index is 1190. The second kappa shape index (κ2) is 9.74. The number of aromatic nitrogens is 2. The van der Waals surface area contributed by atoms with Gasteiger partial charge >= 0.3 is 0 Å². The van der Waals surface area contributed by atoms with Crippen molar-refractivity contribution < 1.29 is 14.6 Å². The first-order valence-electron chi connectivity index (χ1n) is 11.6. The van der Waals surface area contributed by atoms with Crippen LogP contribution in [0.2, 0.25) is 5.02 Å². The molecule has 0 radical (unpaired) electrons. The zero-order valence-electron chi connectivity index (χ0n) is 19.2. The minimum atomic E-state index is -0.886. The molecule has 2 aliphatic rings. The molecule has 0 bridgehead atoms. The molecule has 6 nitrogen and oxygen atoms in total. The second-order valence-corrected chi connectivity index (χ2v) is 9.26. The van der Waals surface area contributed by atoms with Gasteiger partial charge in [-0.3, -0.25) is 4.98 Å². The van der Waals surface area contributed by atoms with Crippen LogP contribution in [0.25, 0.3) is 5.57 Å². The summed E-state index contributed by atoms with van der Waals surface area (Å²) < 4.78 is 11.8. The van der Waals surface area contributed by atoms with E-state index in [4.69, 9.17) is 21.1 Å². The number of nitrogens with zero attached hydrogens (tertiary/aromatic N) is 3. The minimum Gasteiger partial charge on any atom is -0.496 e. The SMILES string of the molecule is COc1cccc2c1CC(=CCCN1CCC(O)(c3ccc(Cl)cn3)CC1)c1cccnc1O2. The Morgan fingerprint density at radius 1 is 1.15 bits per heavy atom. The lowest BCUT2D eigenvalue weighted by Gasteiger charge is -2.37. The third kappa shape index (κ3) is 4.67. The van der Waals surface area contributed by atoms with Gasteiger partial charge in [0.1, 0.15) is 17.1 Å². The molecule has 2 aliphatic heterocycles. The molecular formula is C27H28ClN3O3. The van der Waals surface area contributed by atoms with E-state index in [-0.39, 0.29) is 0 Å². The number of piperidine rings is 1. The first kappa shape index (κ1) is 22.8. The molecule has 1 aromatic carbocycles. The van der Waals surface area contributed by atoms with E-state index in [1.807, 2.05) is 30.3 Å². The average Bonchev–Trinajstić information content (AvgIpc) is 3.02. The Morgan fingerprint density at radius 3 is 2.76 bits per heavy atom. The van der Waals surface area contributed by atoms with Crippen molar-refractivity contribution in [2.45, 2.75) is 31.3 Å². The predicted octanol–water partition coefficient (Wildman–Crippen LogP) is 5.24. The number of hydrogen-bond donors (Lipinski definition) is 1. The quantitative estimate of drug-likeness (QED) is 0.541. The fourth-order valence-corrected chi connectivity index (χ4v) is 4.88. The molecule has 1 fully saturated rings. The van der Waals surface area contributed by atoms with Crippen LogP contribution in [-0.4, -0.2) is 46.7 Å². The summed E-state index contributed by atoms with van der Waals surface area (Å²) in [6.07, 6.45) is 8.57. The second-order valence-electron chi connectivity index (χ2n) is 8.82. The van der Waals surface area contributed by atoms with E-state index in [1.165, 1.54) is 5.57 Å². The normalized spacial score (nSPS) is 18.5. The van der Waals surface area contributed by atoms with Gasteiger partial charge < -0.3 is 19.5 Å². The maximum absolute atomic E-state index is 11.1. The van der Waals surface area contributed by atoms with Gasteiger partial charge in [0.05, 0.1) is 17.8 Å². The third-order valence-corrected chi connectivity index (χ3v) is 6.95. The molecule has 0 aliphatic carbocycles. The Morgan fingerprint density at radius 2 is 2.00 bits per heavy atom. The fourth-order valence-electron chi connectivity index (χ4n) is 4.77. The standard InChI is InChI=1S/C27H28ClN3O3/c1-33-23-7-2-8-24-22(23)17-19(21-6-3-13-29-26(21)34-24)5-4-14-31-15-11-27(32,12-16-31)25-10-9-20(28)18-30-25/h2-3,5-10,13,18,32H,4,11-12,14-17H2,1H3. The summed E-state index contributed by atoms with van der Waals surface area (Å²) in [5.74, 6) is 2.23. The maximum Gasteiger partial charge on any atom is 0.226 e. The van der Waals surface area contributed by atoms with Crippen molar-refractivity contribution in [2.75, 3.05) is 26.7 Å². The van der Waals surface area contributed by atoms with E-state index in [0.717, 1.165) is 55.1 Å². The summed E-state index contributed by atoms with van der Waals surface area (Å²) in [6, 6.07) is 13.5. The van der Waals surface area contributed by atoms with E-state index in [9.17, 15) is 5.11 Å². The number of aliphatic hydroxyl groups is 1. The molecule has 0 unspecified atom stereocenters. The number of benzene rings is 1. The van der Waals surface area contributed by atoms with Gasteiger partial charge in [0.25, 0.3) is 0 Å². The van der Waals surface area contributed by atoms with Crippen LogP contribution in [-0.2, 0) is 12.0 Å². The van der Waals surface area contributed by atoms with Crippen molar-refractivity contribution in [1.82, 2.24) is 14.9 Å². The van der Waals surface area contributed by atoms with Crippen LogP contribution in [0, 0.1) is 0 Å². The molecule has 4 heterocycles. The smallest absolute Gasteiger partial charge is 0.226 e. The van der Waals surface area contributed by atoms with Crippen molar-refractivity contribution >= 4 is 17.2 Å². The molecule has 176 valence electrons. The van der Waals surface area contributed by atoms with Gasteiger partial charge in [-0.25, -0.2) is 4.98 Å². The summed E-state index contributed by atoms with van der Waals surface area (Å²) >= 11 is 5.95. The number of allylic oxidation sites excluding steroid dienone is 1. The van der Waals surface area contributed by atoms with Crippen molar-refractivity contribution in [3.8, 4) is 17.4 Å². The first-order chi connectivity index (χ1) is 16.6. The molecule has 0 saturated carbocycles. The lowest BCUT2D eigenvalue weighted by Crippen LogP contribution is -2.43. The summed E-state index contributed by atoms with van der Waals surface area (Å²) in [7, 11) is 1.69. The topological polar surface area (TPSA) is 67.7 Å². The number of likely N-dealkylation sites (tertiary alicyclic amines) is 1. The number of ether oxygens (including phenoxy) is 2. The third-order valence-electron chi connectivity index (χ3n) is 6.72. The number of hydrogen-bond acceptors (Lipinski definition) is 6. The highest BCUT2D eigenvalue weighted by Gasteiger charge is 2.35. The first-order valence-corrected chi connectivity index (χ1v) is 12.0. The van der Waals surface area contributed by atoms with Crippen LogP contribution in [0.5, 0.6) is 17.4 Å². The fraction of sp³-hybridized carbons (Fsp3) is 0.333. The largest absolute Gasteiger partial charge is 0.496 e. The number of methoxy groups -OCH3 is 1. The molecule has 0 amide bonds. The zero-order chi connectivity index (χ0) is 23.5. The van der Waals surface area contributed by atoms with Crippen LogP contribution >= 0.6 is 11.6 Å². The molecule has 0 atom stereocenters. The number of rotatable bonds is 5. The predicted molar refractivity (Wildman–Crippen MR) is 132 cm³/mol. The van der Waals surface area contributed by atoms with Crippen molar-refractivity contribution in [3.05, 3.63) is 82.8 Å². The zero-order valence-corrected chi connectivity index (χ0v) is 20.0. The van der Waals surface area contributed by atoms with E-state index in [2.05, 4.69) is 27.0 Å². The molecular weight excluding hydrogens is 450 g/mol. The van der Waals surface area contributed by atoms with Crippen molar-refractivity contribution in [3.63, 3.8) is 0 Å². The Kier molecular flexibility index (Phi) is 6.55. The van der Waals surface area contributed by atoms with Crippen LogP contribution in [0.4, 0.5) is 0 Å². The van der Waals surface area contributed by atoms with Gasteiger partial charge in [-0.2, -0.15) is 0 Å². The number of fused-ring (bicyclic) bond motifs is 2.